The van der Waals surface area contributed by atoms with E-state index in [0.717, 1.165) is 0 Å². The van der Waals surface area contributed by atoms with Gasteiger partial charge in [-0.05, 0) is 19.9 Å². The van der Waals surface area contributed by atoms with Gasteiger partial charge in [0.05, 0.1) is 0 Å². The first-order chi connectivity index (χ1) is 3.66. The largest absolute Gasteiger partial charge is 0.416 e. The fourth-order valence-corrected chi connectivity index (χ4v) is 0.218. The standard InChI is InChI=1S/C5H9NO2/c1-3-4(2)8-5(6)7/h3H,1-2H3,(H2,6,7). The lowest BCUT2D eigenvalue weighted by atomic mass is 10.5. The molecule has 0 aromatic rings. The van der Waals surface area contributed by atoms with Crippen molar-refractivity contribution in [2.75, 3.05) is 0 Å². The molecule has 0 rings (SSSR count). The summed E-state index contributed by atoms with van der Waals surface area (Å²) in [6.07, 6.45) is 0.894. The highest BCUT2D eigenvalue weighted by atomic mass is 16.5. The molecular weight excluding hydrogens is 106 g/mol. The Balaban J connectivity index is 3.56. The molecule has 0 saturated carbocycles. The number of ether oxygens (including phenoxy) is 1. The van der Waals surface area contributed by atoms with E-state index in [-0.39, 0.29) is 0 Å². The minimum atomic E-state index is -0.763. The van der Waals surface area contributed by atoms with Gasteiger partial charge in [-0.15, -0.1) is 0 Å². The van der Waals surface area contributed by atoms with E-state index in [1.807, 2.05) is 0 Å². The zero-order chi connectivity index (χ0) is 6.57. The predicted octanol–water partition coefficient (Wildman–Crippen LogP) is 1.01. The molecule has 3 nitrogen and oxygen atoms in total. The van der Waals surface area contributed by atoms with Crippen LogP contribution in [0.3, 0.4) is 0 Å². The van der Waals surface area contributed by atoms with Gasteiger partial charge >= 0.3 is 6.09 Å². The van der Waals surface area contributed by atoms with Gasteiger partial charge in [0.2, 0.25) is 0 Å². The van der Waals surface area contributed by atoms with Crippen LogP contribution < -0.4 is 5.73 Å². The second kappa shape index (κ2) is 3.07. The molecule has 0 aliphatic carbocycles. The zero-order valence-corrected chi connectivity index (χ0v) is 4.97. The molecule has 2 N–H and O–H groups in total. The summed E-state index contributed by atoms with van der Waals surface area (Å²) in [6, 6.07) is 0. The molecule has 0 spiro atoms. The van der Waals surface area contributed by atoms with Crippen molar-refractivity contribution >= 4 is 6.09 Å². The average molecular weight is 115 g/mol. The van der Waals surface area contributed by atoms with E-state index in [2.05, 4.69) is 10.5 Å². The van der Waals surface area contributed by atoms with Gasteiger partial charge in [-0.25, -0.2) is 4.79 Å². The van der Waals surface area contributed by atoms with Gasteiger partial charge in [-0.1, -0.05) is 0 Å². The summed E-state index contributed by atoms with van der Waals surface area (Å²) >= 11 is 0. The summed E-state index contributed by atoms with van der Waals surface area (Å²) < 4.78 is 4.40. The first-order valence-corrected chi connectivity index (χ1v) is 2.27. The van der Waals surface area contributed by atoms with E-state index in [1.165, 1.54) is 0 Å². The normalized spacial score (nSPS) is 11.0. The molecule has 0 saturated heterocycles. The molecule has 0 aliphatic rings. The SMILES string of the molecule is CC=C(C)OC(N)=O. The van der Waals surface area contributed by atoms with Crippen LogP contribution in [0.1, 0.15) is 13.8 Å². The molecule has 0 aromatic carbocycles. The maximum atomic E-state index is 9.93. The van der Waals surface area contributed by atoms with Crippen LogP contribution in [0.5, 0.6) is 0 Å². The van der Waals surface area contributed by atoms with Crippen LogP contribution in [0.4, 0.5) is 4.79 Å². The van der Waals surface area contributed by atoms with Crippen LogP contribution in [0.15, 0.2) is 11.8 Å². The number of allylic oxidation sites excluding steroid dienone is 2. The Morgan fingerprint density at radius 2 is 2.25 bits per heavy atom. The smallest absolute Gasteiger partial charge is 0.409 e. The monoisotopic (exact) mass is 115 g/mol. The van der Waals surface area contributed by atoms with Gasteiger partial charge in [0.25, 0.3) is 0 Å². The van der Waals surface area contributed by atoms with Gasteiger partial charge in [-0.3, -0.25) is 0 Å². The van der Waals surface area contributed by atoms with Crippen molar-refractivity contribution < 1.29 is 9.53 Å². The number of rotatable bonds is 1. The second-order valence-electron chi connectivity index (χ2n) is 1.32. The Bertz CT molecular complexity index is 118. The minimum absolute atomic E-state index is 0.525. The molecule has 0 bridgehead atoms. The molecule has 8 heavy (non-hydrogen) atoms. The topological polar surface area (TPSA) is 52.3 Å². The Kier molecular flexibility index (Phi) is 2.69. The molecule has 0 aromatic heterocycles. The molecule has 0 atom stereocenters. The lowest BCUT2D eigenvalue weighted by molar-refractivity contribution is 0.187. The third kappa shape index (κ3) is 3.21. The van der Waals surface area contributed by atoms with Crippen molar-refractivity contribution in [3.05, 3.63) is 11.8 Å². The first kappa shape index (κ1) is 7.01. The van der Waals surface area contributed by atoms with Gasteiger partial charge in [0.15, 0.2) is 0 Å². The van der Waals surface area contributed by atoms with Crippen molar-refractivity contribution in [1.29, 1.82) is 0 Å². The molecule has 0 fully saturated rings. The third-order valence-corrected chi connectivity index (χ3v) is 0.668. The average Bonchev–Trinajstić information content (AvgIpc) is 1.65. The number of carbonyl (C=O) groups excluding carboxylic acids is 1. The summed E-state index contributed by atoms with van der Waals surface area (Å²) in [5, 5.41) is 0. The molecule has 0 heterocycles. The summed E-state index contributed by atoms with van der Waals surface area (Å²) in [5.41, 5.74) is 4.67. The van der Waals surface area contributed by atoms with Crippen LogP contribution >= 0.6 is 0 Å². The molecule has 0 radical (unpaired) electrons. The lowest BCUT2D eigenvalue weighted by Gasteiger charge is -1.95. The van der Waals surface area contributed by atoms with E-state index < -0.39 is 6.09 Å². The highest BCUT2D eigenvalue weighted by Crippen LogP contribution is 1.91. The predicted molar refractivity (Wildman–Crippen MR) is 30.1 cm³/mol. The highest BCUT2D eigenvalue weighted by molar-refractivity contribution is 5.65. The number of carbonyl (C=O) groups is 1. The van der Waals surface area contributed by atoms with Crippen LogP contribution in [0.2, 0.25) is 0 Å². The Hall–Kier alpha value is -0.990. The summed E-state index contributed by atoms with van der Waals surface area (Å²) in [4.78, 5) is 9.93. The number of primary amides is 1. The second-order valence-corrected chi connectivity index (χ2v) is 1.32. The van der Waals surface area contributed by atoms with Crippen molar-refractivity contribution in [1.82, 2.24) is 0 Å². The molecule has 1 amide bonds. The van der Waals surface area contributed by atoms with Crippen LogP contribution in [-0.4, -0.2) is 6.09 Å². The van der Waals surface area contributed by atoms with E-state index in [0.29, 0.717) is 5.76 Å². The van der Waals surface area contributed by atoms with Crippen molar-refractivity contribution in [2.45, 2.75) is 13.8 Å². The number of hydrogen-bond acceptors (Lipinski definition) is 2. The quantitative estimate of drug-likeness (QED) is 0.518. The fraction of sp³-hybridized carbons (Fsp3) is 0.400. The number of hydrogen-bond donors (Lipinski definition) is 1. The van der Waals surface area contributed by atoms with Crippen molar-refractivity contribution in [2.24, 2.45) is 5.73 Å². The maximum Gasteiger partial charge on any atom is 0.409 e. The first-order valence-electron chi connectivity index (χ1n) is 2.27. The zero-order valence-electron chi connectivity index (χ0n) is 4.97. The maximum absolute atomic E-state index is 9.93. The number of nitrogens with two attached hydrogens (primary N) is 1. The highest BCUT2D eigenvalue weighted by Gasteiger charge is 1.90. The Labute approximate surface area is 48.1 Å². The van der Waals surface area contributed by atoms with Crippen molar-refractivity contribution in [3.8, 4) is 0 Å². The Morgan fingerprint density at radius 1 is 1.75 bits per heavy atom. The summed E-state index contributed by atoms with van der Waals surface area (Å²) in [6.45, 7) is 3.42. The third-order valence-electron chi connectivity index (χ3n) is 0.668. The van der Waals surface area contributed by atoms with E-state index in [9.17, 15) is 4.79 Å². The van der Waals surface area contributed by atoms with E-state index in [4.69, 9.17) is 0 Å². The fourth-order valence-electron chi connectivity index (χ4n) is 0.218. The molecule has 0 unspecified atom stereocenters. The summed E-state index contributed by atoms with van der Waals surface area (Å²) in [7, 11) is 0. The van der Waals surface area contributed by atoms with Gasteiger partial charge in [0.1, 0.15) is 5.76 Å². The van der Waals surface area contributed by atoms with E-state index >= 15 is 0 Å². The Morgan fingerprint density at radius 3 is 2.38 bits per heavy atom. The van der Waals surface area contributed by atoms with Crippen LogP contribution in [0.25, 0.3) is 0 Å². The van der Waals surface area contributed by atoms with Gasteiger partial charge < -0.3 is 10.5 Å². The van der Waals surface area contributed by atoms with Gasteiger partial charge in [-0.2, -0.15) is 0 Å². The van der Waals surface area contributed by atoms with Crippen molar-refractivity contribution in [3.63, 3.8) is 0 Å². The molecule has 0 aliphatic heterocycles. The molecule has 46 valence electrons. The van der Waals surface area contributed by atoms with E-state index in [1.54, 1.807) is 19.9 Å². The minimum Gasteiger partial charge on any atom is -0.416 e. The molecule has 3 heteroatoms. The molecular formula is C5H9NO2. The lowest BCUT2D eigenvalue weighted by Crippen LogP contribution is -2.11. The van der Waals surface area contributed by atoms with Crippen LogP contribution in [-0.2, 0) is 4.74 Å². The summed E-state index contributed by atoms with van der Waals surface area (Å²) in [5.74, 6) is 0.525. The number of amides is 1. The van der Waals surface area contributed by atoms with Gasteiger partial charge in [0, 0.05) is 0 Å². The van der Waals surface area contributed by atoms with Crippen LogP contribution in [0, 0.1) is 0 Å².